The number of carbonyl (C=O) groups is 2. The third-order valence-electron chi connectivity index (χ3n) is 3.66. The van der Waals surface area contributed by atoms with Gasteiger partial charge in [-0.05, 0) is 37.1 Å². The zero-order chi connectivity index (χ0) is 15.5. The lowest BCUT2D eigenvalue weighted by Crippen LogP contribution is -2.26. The summed E-state index contributed by atoms with van der Waals surface area (Å²) in [6.07, 6.45) is 4.61. The maximum absolute atomic E-state index is 12.3. The Morgan fingerprint density at radius 1 is 1.32 bits per heavy atom. The Hall–Kier alpha value is -2.47. The van der Waals surface area contributed by atoms with Gasteiger partial charge >= 0.3 is 0 Å². The van der Waals surface area contributed by atoms with Gasteiger partial charge in [0, 0.05) is 37.3 Å². The third kappa shape index (κ3) is 2.92. The van der Waals surface area contributed by atoms with Crippen LogP contribution in [0.4, 0.5) is 5.69 Å². The monoisotopic (exact) mass is 299 g/mol. The molecule has 1 saturated heterocycles. The second-order valence-electron chi connectivity index (χ2n) is 5.26. The molecule has 22 heavy (non-hydrogen) atoms. The van der Waals surface area contributed by atoms with E-state index in [1.54, 1.807) is 48.3 Å². The van der Waals surface area contributed by atoms with E-state index in [1.165, 1.54) is 0 Å². The number of aromatic nitrogens is 2. The van der Waals surface area contributed by atoms with E-state index in [0.29, 0.717) is 23.7 Å². The number of hydrogen-bond donors (Lipinski definition) is 1. The molecule has 0 bridgehead atoms. The number of nitrogens with zero attached hydrogens (tertiary/aromatic N) is 2. The van der Waals surface area contributed by atoms with E-state index >= 15 is 0 Å². The number of imidazole rings is 1. The van der Waals surface area contributed by atoms with Crippen molar-refractivity contribution in [2.75, 3.05) is 11.9 Å². The van der Waals surface area contributed by atoms with Crippen LogP contribution >= 0.6 is 0 Å². The van der Waals surface area contributed by atoms with Crippen LogP contribution in [0.15, 0.2) is 36.7 Å². The first-order valence-electron chi connectivity index (χ1n) is 7.20. The fourth-order valence-electron chi connectivity index (χ4n) is 2.43. The van der Waals surface area contributed by atoms with Crippen molar-refractivity contribution >= 4 is 17.4 Å². The Morgan fingerprint density at radius 3 is 2.68 bits per heavy atom. The summed E-state index contributed by atoms with van der Waals surface area (Å²) in [5.74, 6) is 0.0984. The minimum absolute atomic E-state index is 0.138. The molecule has 114 valence electrons. The number of rotatable bonds is 4. The molecule has 0 aliphatic carbocycles. The molecule has 1 N–H and O–H groups in total. The summed E-state index contributed by atoms with van der Waals surface area (Å²) >= 11 is 0. The number of aryl methyl sites for hydroxylation is 1. The smallest absolute Gasteiger partial charge is 0.253 e. The molecular weight excluding hydrogens is 282 g/mol. The van der Waals surface area contributed by atoms with E-state index in [1.807, 2.05) is 0 Å². The van der Waals surface area contributed by atoms with Crippen LogP contribution in [0.2, 0.25) is 0 Å². The lowest BCUT2D eigenvalue weighted by molar-refractivity contribution is -0.124. The van der Waals surface area contributed by atoms with Gasteiger partial charge in [0.25, 0.3) is 5.91 Å². The fourth-order valence-corrected chi connectivity index (χ4v) is 2.43. The van der Waals surface area contributed by atoms with Gasteiger partial charge in [-0.15, -0.1) is 0 Å². The molecule has 0 spiro atoms. The minimum atomic E-state index is -0.367. The highest BCUT2D eigenvalue weighted by Crippen LogP contribution is 2.16. The van der Waals surface area contributed by atoms with Gasteiger partial charge in [-0.25, -0.2) is 4.98 Å². The van der Waals surface area contributed by atoms with Crippen LogP contribution in [0, 0.1) is 0 Å². The Kier molecular flexibility index (Phi) is 4.02. The van der Waals surface area contributed by atoms with Crippen molar-refractivity contribution in [2.24, 2.45) is 7.05 Å². The van der Waals surface area contributed by atoms with Crippen LogP contribution < -0.4 is 5.32 Å². The zero-order valence-corrected chi connectivity index (χ0v) is 12.3. The highest BCUT2D eigenvalue weighted by Gasteiger charge is 2.23. The molecule has 2 aromatic rings. The molecule has 0 saturated carbocycles. The summed E-state index contributed by atoms with van der Waals surface area (Å²) in [4.78, 5) is 28.3. The molecular formula is C16H17N3O3. The molecule has 1 unspecified atom stereocenters. The highest BCUT2D eigenvalue weighted by molar-refractivity contribution is 6.07. The second kappa shape index (κ2) is 6.11. The maximum atomic E-state index is 12.3. The molecule has 1 aliphatic heterocycles. The first-order chi connectivity index (χ1) is 10.6. The lowest BCUT2D eigenvalue weighted by Gasteiger charge is -2.10. The first-order valence-corrected chi connectivity index (χ1v) is 7.20. The molecule has 1 aromatic heterocycles. The van der Waals surface area contributed by atoms with E-state index < -0.39 is 0 Å². The van der Waals surface area contributed by atoms with Gasteiger partial charge in [0.1, 0.15) is 6.10 Å². The molecule has 1 fully saturated rings. The number of ketones is 1. The lowest BCUT2D eigenvalue weighted by atomic mass is 10.1. The van der Waals surface area contributed by atoms with Crippen LogP contribution in [0.1, 0.15) is 29.0 Å². The molecule has 1 aliphatic rings. The summed E-state index contributed by atoms with van der Waals surface area (Å²) in [7, 11) is 1.77. The highest BCUT2D eigenvalue weighted by atomic mass is 16.5. The largest absolute Gasteiger partial charge is 0.368 e. The van der Waals surface area contributed by atoms with Crippen molar-refractivity contribution in [3.05, 3.63) is 48.0 Å². The molecule has 1 aromatic carbocycles. The van der Waals surface area contributed by atoms with Crippen LogP contribution in [0.5, 0.6) is 0 Å². The molecule has 1 atom stereocenters. The van der Waals surface area contributed by atoms with E-state index in [0.717, 1.165) is 12.8 Å². The summed E-state index contributed by atoms with van der Waals surface area (Å²) in [5, 5.41) is 2.80. The summed E-state index contributed by atoms with van der Waals surface area (Å²) in [6, 6.07) is 6.79. The van der Waals surface area contributed by atoms with Crippen molar-refractivity contribution in [2.45, 2.75) is 18.9 Å². The van der Waals surface area contributed by atoms with Crippen molar-refractivity contribution in [3.63, 3.8) is 0 Å². The quantitative estimate of drug-likeness (QED) is 0.873. The Labute approximate surface area is 128 Å². The summed E-state index contributed by atoms with van der Waals surface area (Å²) < 4.78 is 7.01. The Morgan fingerprint density at radius 2 is 2.09 bits per heavy atom. The van der Waals surface area contributed by atoms with E-state index in [4.69, 9.17) is 4.74 Å². The van der Waals surface area contributed by atoms with E-state index in [9.17, 15) is 9.59 Å². The Balaban J connectivity index is 1.69. The molecule has 6 heteroatoms. The molecule has 2 heterocycles. The number of nitrogens with one attached hydrogen (secondary N) is 1. The third-order valence-corrected chi connectivity index (χ3v) is 3.66. The van der Waals surface area contributed by atoms with Crippen molar-refractivity contribution in [1.82, 2.24) is 9.55 Å². The van der Waals surface area contributed by atoms with E-state index in [-0.39, 0.29) is 17.8 Å². The number of hydrogen-bond acceptors (Lipinski definition) is 4. The van der Waals surface area contributed by atoms with Crippen molar-refractivity contribution < 1.29 is 14.3 Å². The normalized spacial score (nSPS) is 17.4. The number of anilines is 1. The Bertz CT molecular complexity index is 685. The van der Waals surface area contributed by atoms with Gasteiger partial charge < -0.3 is 14.6 Å². The second-order valence-corrected chi connectivity index (χ2v) is 5.26. The first kappa shape index (κ1) is 14.5. The van der Waals surface area contributed by atoms with Gasteiger partial charge in [-0.3, -0.25) is 9.59 Å². The van der Waals surface area contributed by atoms with Gasteiger partial charge in [-0.1, -0.05) is 0 Å². The zero-order valence-electron chi connectivity index (χ0n) is 12.3. The number of carbonyl (C=O) groups excluding carboxylic acids is 2. The average molecular weight is 299 g/mol. The van der Waals surface area contributed by atoms with Gasteiger partial charge in [-0.2, -0.15) is 0 Å². The number of benzene rings is 1. The fraction of sp³-hybridized carbons (Fsp3) is 0.312. The standard InChI is InChI=1S/C16H17N3O3/c1-19-9-8-17-15(19)14(20)11-4-6-12(7-5-11)18-16(21)13-3-2-10-22-13/h4-9,13H,2-3,10H2,1H3,(H,18,21). The molecule has 1 amide bonds. The number of amides is 1. The van der Waals surface area contributed by atoms with Crippen LogP contribution in [-0.2, 0) is 16.6 Å². The molecule has 0 radical (unpaired) electrons. The van der Waals surface area contributed by atoms with Crippen LogP contribution in [0.25, 0.3) is 0 Å². The van der Waals surface area contributed by atoms with Gasteiger partial charge in [0.15, 0.2) is 5.82 Å². The van der Waals surface area contributed by atoms with Gasteiger partial charge in [0.2, 0.25) is 5.78 Å². The summed E-state index contributed by atoms with van der Waals surface area (Å²) in [5.41, 5.74) is 1.18. The van der Waals surface area contributed by atoms with Crippen LogP contribution in [-0.4, -0.2) is 34.0 Å². The van der Waals surface area contributed by atoms with Gasteiger partial charge in [0.05, 0.1) is 0 Å². The van der Waals surface area contributed by atoms with Crippen LogP contribution in [0.3, 0.4) is 0 Å². The van der Waals surface area contributed by atoms with E-state index in [2.05, 4.69) is 10.3 Å². The average Bonchev–Trinajstić information content (AvgIpc) is 3.18. The van der Waals surface area contributed by atoms with Crippen molar-refractivity contribution in [1.29, 1.82) is 0 Å². The number of ether oxygens (including phenoxy) is 1. The molecule has 3 rings (SSSR count). The summed E-state index contributed by atoms with van der Waals surface area (Å²) in [6.45, 7) is 0.634. The topological polar surface area (TPSA) is 73.2 Å². The van der Waals surface area contributed by atoms with Crippen molar-refractivity contribution in [3.8, 4) is 0 Å². The molecule has 6 nitrogen and oxygen atoms in total. The SMILES string of the molecule is Cn1ccnc1C(=O)c1ccc(NC(=O)C2CCCO2)cc1. The maximum Gasteiger partial charge on any atom is 0.253 e. The predicted octanol–water partition coefficient (Wildman–Crippen LogP) is 1.77. The minimum Gasteiger partial charge on any atom is -0.368 e. The predicted molar refractivity (Wildman–Crippen MR) is 80.7 cm³/mol.